The molecule has 120 valence electrons. The molecular formula is C15H28N4OS. The molecule has 5 nitrogen and oxygen atoms in total. The minimum atomic E-state index is -0.131. The van der Waals surface area contributed by atoms with Gasteiger partial charge in [0.25, 0.3) is 5.91 Å². The number of carbonyl (C=O) groups is 1. The van der Waals surface area contributed by atoms with E-state index in [-0.39, 0.29) is 11.9 Å². The highest BCUT2D eigenvalue weighted by Crippen LogP contribution is 2.26. The lowest BCUT2D eigenvalue weighted by Gasteiger charge is -2.24. The van der Waals surface area contributed by atoms with Gasteiger partial charge >= 0.3 is 0 Å². The zero-order valence-corrected chi connectivity index (χ0v) is 14.7. The molecule has 0 radical (unpaired) electrons. The fraction of sp³-hybridized carbons (Fsp3) is 0.733. The van der Waals surface area contributed by atoms with Crippen molar-refractivity contribution in [3.63, 3.8) is 0 Å². The molecule has 0 aliphatic rings. The lowest BCUT2D eigenvalue weighted by molar-refractivity contribution is 0.0942. The molecule has 0 bridgehead atoms. The van der Waals surface area contributed by atoms with Crippen molar-refractivity contribution >= 4 is 28.2 Å². The Hall–Kier alpha value is -1.30. The molecule has 0 unspecified atom stereocenters. The molecule has 1 aromatic heterocycles. The Morgan fingerprint density at radius 1 is 1.19 bits per heavy atom. The van der Waals surface area contributed by atoms with E-state index in [1.54, 1.807) is 0 Å². The number of nitrogen functional groups attached to an aromatic ring is 1. The highest BCUT2D eigenvalue weighted by atomic mass is 32.1. The first kappa shape index (κ1) is 17.8. The maximum absolute atomic E-state index is 12.3. The number of amides is 1. The average molecular weight is 312 g/mol. The minimum absolute atomic E-state index is 0.131. The van der Waals surface area contributed by atoms with Crippen molar-refractivity contribution in [2.45, 2.75) is 47.6 Å². The van der Waals surface area contributed by atoms with Gasteiger partial charge in [-0.15, -0.1) is 0 Å². The molecule has 0 aromatic carbocycles. The largest absolute Gasteiger partial charge is 0.382 e. The summed E-state index contributed by atoms with van der Waals surface area (Å²) in [6, 6.07) is 0.262. The van der Waals surface area contributed by atoms with Crippen LogP contribution in [0.2, 0.25) is 0 Å². The van der Waals surface area contributed by atoms with Crippen molar-refractivity contribution in [1.82, 2.24) is 10.3 Å². The van der Waals surface area contributed by atoms with Crippen LogP contribution in [-0.2, 0) is 0 Å². The van der Waals surface area contributed by atoms with E-state index in [2.05, 4.69) is 43.3 Å². The van der Waals surface area contributed by atoms with Gasteiger partial charge in [-0.25, -0.2) is 4.98 Å². The van der Waals surface area contributed by atoms with Gasteiger partial charge in [0.05, 0.1) is 0 Å². The van der Waals surface area contributed by atoms with Crippen molar-refractivity contribution in [3.05, 3.63) is 4.88 Å². The van der Waals surface area contributed by atoms with Gasteiger partial charge in [-0.05, 0) is 31.6 Å². The first-order valence-electron chi connectivity index (χ1n) is 7.53. The van der Waals surface area contributed by atoms with Gasteiger partial charge in [0.15, 0.2) is 5.13 Å². The van der Waals surface area contributed by atoms with Crippen LogP contribution >= 0.6 is 11.3 Å². The van der Waals surface area contributed by atoms with Crippen molar-refractivity contribution in [1.29, 1.82) is 0 Å². The Bertz CT molecular complexity index is 460. The molecule has 0 saturated carbocycles. The zero-order chi connectivity index (χ0) is 16.2. The molecule has 0 aliphatic heterocycles. The van der Waals surface area contributed by atoms with Crippen LogP contribution in [0.3, 0.4) is 0 Å². The van der Waals surface area contributed by atoms with Crippen molar-refractivity contribution in [2.75, 3.05) is 17.6 Å². The summed E-state index contributed by atoms with van der Waals surface area (Å²) < 4.78 is 0. The molecule has 6 heteroatoms. The number of rotatable bonds is 7. The highest BCUT2D eigenvalue weighted by Gasteiger charge is 2.21. The van der Waals surface area contributed by atoms with E-state index in [0.717, 1.165) is 0 Å². The second-order valence-corrected chi connectivity index (χ2v) is 7.39. The van der Waals surface area contributed by atoms with E-state index in [4.69, 9.17) is 5.73 Å². The van der Waals surface area contributed by atoms with Crippen LogP contribution in [-0.4, -0.2) is 23.5 Å². The van der Waals surface area contributed by atoms with Crippen molar-refractivity contribution < 1.29 is 4.79 Å². The summed E-state index contributed by atoms with van der Waals surface area (Å²) >= 11 is 1.31. The standard InChI is InChI=1S/C15H28N4OS/c1-8(2)11(9(3)4)7-17-14(20)12-13(16)19-15(21-12)18-10(5)6/h8-11H,7,16H2,1-6H3,(H,17,20)(H,18,19). The number of anilines is 2. The van der Waals surface area contributed by atoms with Crippen molar-refractivity contribution in [3.8, 4) is 0 Å². The van der Waals surface area contributed by atoms with Gasteiger partial charge in [-0.3, -0.25) is 4.79 Å². The molecule has 0 aliphatic carbocycles. The second-order valence-electron chi connectivity index (χ2n) is 6.39. The Morgan fingerprint density at radius 3 is 2.24 bits per heavy atom. The molecule has 1 rings (SSSR count). The Labute approximate surface area is 131 Å². The van der Waals surface area contributed by atoms with E-state index in [1.807, 2.05) is 13.8 Å². The van der Waals surface area contributed by atoms with Crippen LogP contribution < -0.4 is 16.4 Å². The SMILES string of the molecule is CC(C)Nc1nc(N)c(C(=O)NCC(C(C)C)C(C)C)s1. The van der Waals surface area contributed by atoms with Gasteiger partial charge in [-0.2, -0.15) is 0 Å². The number of nitrogens with zero attached hydrogens (tertiary/aromatic N) is 1. The number of hydrogen-bond donors (Lipinski definition) is 3. The fourth-order valence-electron chi connectivity index (χ4n) is 2.34. The Morgan fingerprint density at radius 2 is 1.76 bits per heavy atom. The van der Waals surface area contributed by atoms with Gasteiger partial charge in [0.2, 0.25) is 0 Å². The third-order valence-corrected chi connectivity index (χ3v) is 4.48. The van der Waals surface area contributed by atoms with Gasteiger partial charge in [0.1, 0.15) is 10.7 Å². The van der Waals surface area contributed by atoms with E-state index < -0.39 is 0 Å². The van der Waals surface area contributed by atoms with Crippen LogP contribution in [0.4, 0.5) is 10.9 Å². The molecule has 0 atom stereocenters. The number of nitrogens with one attached hydrogen (secondary N) is 2. The number of aromatic nitrogens is 1. The topological polar surface area (TPSA) is 80.0 Å². The monoisotopic (exact) mass is 312 g/mol. The van der Waals surface area contributed by atoms with Crippen LogP contribution in [0, 0.1) is 17.8 Å². The summed E-state index contributed by atoms with van der Waals surface area (Å²) in [4.78, 5) is 16.9. The van der Waals surface area contributed by atoms with E-state index in [9.17, 15) is 4.79 Å². The van der Waals surface area contributed by atoms with Gasteiger partial charge in [-0.1, -0.05) is 39.0 Å². The summed E-state index contributed by atoms with van der Waals surface area (Å²) in [6.07, 6.45) is 0. The number of carbonyl (C=O) groups excluding carboxylic acids is 1. The smallest absolute Gasteiger partial charge is 0.265 e. The molecule has 1 amide bonds. The molecular weight excluding hydrogens is 284 g/mol. The number of nitrogens with two attached hydrogens (primary N) is 1. The number of hydrogen-bond acceptors (Lipinski definition) is 5. The van der Waals surface area contributed by atoms with Gasteiger partial charge < -0.3 is 16.4 Å². The average Bonchev–Trinajstić information content (AvgIpc) is 2.68. The normalized spacial score (nSPS) is 11.7. The molecule has 0 fully saturated rings. The summed E-state index contributed by atoms with van der Waals surface area (Å²) in [5.41, 5.74) is 5.84. The van der Waals surface area contributed by atoms with Crippen molar-refractivity contribution in [2.24, 2.45) is 17.8 Å². The quantitative estimate of drug-likeness (QED) is 0.722. The second kappa shape index (κ2) is 7.64. The Kier molecular flexibility index (Phi) is 6.45. The van der Waals surface area contributed by atoms with Crippen LogP contribution in [0.25, 0.3) is 0 Å². The first-order valence-corrected chi connectivity index (χ1v) is 8.35. The molecule has 1 aromatic rings. The third-order valence-electron chi connectivity index (χ3n) is 3.48. The molecule has 4 N–H and O–H groups in total. The third kappa shape index (κ3) is 5.19. The summed E-state index contributed by atoms with van der Waals surface area (Å²) in [5, 5.41) is 6.85. The van der Waals surface area contributed by atoms with E-state index >= 15 is 0 Å². The molecule has 0 spiro atoms. The highest BCUT2D eigenvalue weighted by molar-refractivity contribution is 7.18. The first-order chi connectivity index (χ1) is 9.72. The lowest BCUT2D eigenvalue weighted by atomic mass is 9.85. The molecule has 21 heavy (non-hydrogen) atoms. The molecule has 1 heterocycles. The van der Waals surface area contributed by atoms with E-state index in [1.165, 1.54) is 11.3 Å². The molecule has 0 saturated heterocycles. The van der Waals surface area contributed by atoms with Gasteiger partial charge in [0, 0.05) is 12.6 Å². The summed E-state index contributed by atoms with van der Waals surface area (Å²) in [7, 11) is 0. The zero-order valence-electron chi connectivity index (χ0n) is 13.9. The van der Waals surface area contributed by atoms with Crippen LogP contribution in [0.5, 0.6) is 0 Å². The van der Waals surface area contributed by atoms with Crippen LogP contribution in [0.15, 0.2) is 0 Å². The summed E-state index contributed by atoms with van der Waals surface area (Å²) in [5.74, 6) is 1.68. The maximum Gasteiger partial charge on any atom is 0.265 e. The fourth-order valence-corrected chi connectivity index (χ4v) is 3.28. The minimum Gasteiger partial charge on any atom is -0.382 e. The lowest BCUT2D eigenvalue weighted by Crippen LogP contribution is -2.33. The number of thiazole rings is 1. The predicted molar refractivity (Wildman–Crippen MR) is 90.8 cm³/mol. The summed E-state index contributed by atoms with van der Waals surface area (Å²) in [6.45, 7) is 13.4. The maximum atomic E-state index is 12.3. The van der Waals surface area contributed by atoms with E-state index in [0.29, 0.717) is 40.1 Å². The Balaban J connectivity index is 2.69. The predicted octanol–water partition coefficient (Wildman–Crippen LogP) is 3.20. The van der Waals surface area contributed by atoms with Crippen LogP contribution in [0.1, 0.15) is 51.2 Å².